The van der Waals surface area contributed by atoms with Gasteiger partial charge in [0.15, 0.2) is 11.5 Å². The highest BCUT2D eigenvalue weighted by atomic mass is 35.5. The number of hydrogen-bond donors (Lipinski definition) is 2. The summed E-state index contributed by atoms with van der Waals surface area (Å²) in [4.78, 5) is 12.2. The quantitative estimate of drug-likeness (QED) is 0.776. The number of halogens is 1. The molecule has 0 saturated carbocycles. The first kappa shape index (κ1) is 19.9. The Balaban J connectivity index is 0.00000225. The van der Waals surface area contributed by atoms with Crippen LogP contribution in [0.5, 0.6) is 11.5 Å². The molecule has 1 aromatic carbocycles. The highest BCUT2D eigenvalue weighted by molar-refractivity contribution is 5.85. The van der Waals surface area contributed by atoms with Gasteiger partial charge in [0.25, 0.3) is 0 Å². The summed E-state index contributed by atoms with van der Waals surface area (Å²) in [5.74, 6) is 2.18. The topological polar surface area (TPSA) is 59.6 Å². The Bertz CT molecular complexity index is 570. The Morgan fingerprint density at radius 2 is 1.84 bits per heavy atom. The summed E-state index contributed by atoms with van der Waals surface area (Å²) >= 11 is 0. The van der Waals surface area contributed by atoms with Gasteiger partial charge in [0.2, 0.25) is 5.91 Å². The van der Waals surface area contributed by atoms with Crippen LogP contribution in [0.1, 0.15) is 37.7 Å². The van der Waals surface area contributed by atoms with Crippen LogP contribution in [0.3, 0.4) is 0 Å². The Morgan fingerprint density at radius 1 is 1.16 bits per heavy atom. The SMILES string of the molecule is COc1ccc(CCNC(=O)CC2CC3CCC(C2)N3)cc1OC.Cl. The van der Waals surface area contributed by atoms with Crippen molar-refractivity contribution in [1.82, 2.24) is 10.6 Å². The van der Waals surface area contributed by atoms with E-state index < -0.39 is 0 Å². The first-order valence-electron chi connectivity index (χ1n) is 8.91. The van der Waals surface area contributed by atoms with Gasteiger partial charge in [-0.3, -0.25) is 4.79 Å². The molecule has 0 aromatic heterocycles. The predicted molar refractivity (Wildman–Crippen MR) is 101 cm³/mol. The maximum Gasteiger partial charge on any atom is 0.220 e. The van der Waals surface area contributed by atoms with Crippen molar-refractivity contribution in [3.63, 3.8) is 0 Å². The van der Waals surface area contributed by atoms with Gasteiger partial charge >= 0.3 is 0 Å². The number of nitrogens with one attached hydrogen (secondary N) is 2. The van der Waals surface area contributed by atoms with Gasteiger partial charge in [-0.05, 0) is 55.7 Å². The Labute approximate surface area is 156 Å². The van der Waals surface area contributed by atoms with E-state index >= 15 is 0 Å². The molecule has 2 fully saturated rings. The van der Waals surface area contributed by atoms with E-state index in [1.54, 1.807) is 14.2 Å². The molecule has 2 heterocycles. The normalized spacial score (nSPS) is 24.3. The molecule has 25 heavy (non-hydrogen) atoms. The fourth-order valence-electron chi connectivity index (χ4n) is 4.06. The summed E-state index contributed by atoms with van der Waals surface area (Å²) in [6, 6.07) is 7.18. The second-order valence-electron chi connectivity index (χ2n) is 6.97. The monoisotopic (exact) mass is 368 g/mol. The minimum atomic E-state index is 0. The van der Waals surface area contributed by atoms with Crippen molar-refractivity contribution in [2.24, 2.45) is 5.92 Å². The zero-order valence-electron chi connectivity index (χ0n) is 15.0. The highest BCUT2D eigenvalue weighted by Gasteiger charge is 2.34. The van der Waals surface area contributed by atoms with Crippen LogP contribution in [-0.2, 0) is 11.2 Å². The fourth-order valence-corrected chi connectivity index (χ4v) is 4.06. The van der Waals surface area contributed by atoms with Crippen molar-refractivity contribution in [3.05, 3.63) is 23.8 Å². The van der Waals surface area contributed by atoms with Gasteiger partial charge in [0.05, 0.1) is 14.2 Å². The van der Waals surface area contributed by atoms with E-state index in [4.69, 9.17) is 9.47 Å². The molecule has 2 aliphatic rings. The lowest BCUT2D eigenvalue weighted by Gasteiger charge is -2.28. The first-order chi connectivity index (χ1) is 11.7. The maximum absolute atomic E-state index is 12.2. The van der Waals surface area contributed by atoms with E-state index in [9.17, 15) is 4.79 Å². The summed E-state index contributed by atoms with van der Waals surface area (Å²) in [5, 5.41) is 6.69. The molecule has 2 aliphatic heterocycles. The highest BCUT2D eigenvalue weighted by Crippen LogP contribution is 2.32. The third kappa shape index (κ3) is 5.25. The van der Waals surface area contributed by atoms with Crippen molar-refractivity contribution >= 4 is 18.3 Å². The third-order valence-corrected chi connectivity index (χ3v) is 5.23. The molecule has 5 nitrogen and oxygen atoms in total. The van der Waals surface area contributed by atoms with Gasteiger partial charge in [0, 0.05) is 25.0 Å². The maximum atomic E-state index is 12.2. The molecule has 0 radical (unpaired) electrons. The van der Waals surface area contributed by atoms with Crippen LogP contribution in [0, 0.1) is 5.92 Å². The zero-order valence-corrected chi connectivity index (χ0v) is 15.9. The van der Waals surface area contributed by atoms with E-state index in [1.807, 2.05) is 18.2 Å². The lowest BCUT2D eigenvalue weighted by molar-refractivity contribution is -0.122. The number of benzene rings is 1. The molecule has 3 rings (SSSR count). The van der Waals surface area contributed by atoms with Crippen molar-refractivity contribution < 1.29 is 14.3 Å². The van der Waals surface area contributed by atoms with Crippen LogP contribution < -0.4 is 20.1 Å². The number of carbonyl (C=O) groups excluding carboxylic acids is 1. The van der Waals surface area contributed by atoms with E-state index in [0.29, 0.717) is 31.0 Å². The minimum Gasteiger partial charge on any atom is -0.493 e. The van der Waals surface area contributed by atoms with Gasteiger partial charge in [-0.15, -0.1) is 12.4 Å². The second kappa shape index (κ2) is 9.30. The molecule has 6 heteroatoms. The number of ether oxygens (including phenoxy) is 2. The molecule has 2 N–H and O–H groups in total. The van der Waals surface area contributed by atoms with Crippen LogP contribution >= 0.6 is 12.4 Å². The summed E-state index contributed by atoms with van der Waals surface area (Å²) < 4.78 is 10.6. The zero-order chi connectivity index (χ0) is 16.9. The minimum absolute atomic E-state index is 0. The largest absolute Gasteiger partial charge is 0.493 e. The number of amides is 1. The molecule has 0 aliphatic carbocycles. The molecule has 140 valence electrons. The molecular weight excluding hydrogens is 340 g/mol. The van der Waals surface area contributed by atoms with E-state index in [-0.39, 0.29) is 18.3 Å². The van der Waals surface area contributed by atoms with Crippen LogP contribution in [-0.4, -0.2) is 38.8 Å². The van der Waals surface area contributed by atoms with Crippen molar-refractivity contribution in [1.29, 1.82) is 0 Å². The Morgan fingerprint density at radius 3 is 2.48 bits per heavy atom. The summed E-state index contributed by atoms with van der Waals surface area (Å²) in [5.41, 5.74) is 1.13. The van der Waals surface area contributed by atoms with Crippen molar-refractivity contribution in [3.8, 4) is 11.5 Å². The van der Waals surface area contributed by atoms with Gasteiger partial charge in [-0.1, -0.05) is 6.07 Å². The number of methoxy groups -OCH3 is 2. The molecule has 2 saturated heterocycles. The molecule has 1 amide bonds. The third-order valence-electron chi connectivity index (χ3n) is 5.23. The lowest BCUT2D eigenvalue weighted by Crippen LogP contribution is -2.39. The number of rotatable bonds is 7. The molecule has 2 unspecified atom stereocenters. The van der Waals surface area contributed by atoms with E-state index in [1.165, 1.54) is 12.8 Å². The average Bonchev–Trinajstić information content (AvgIpc) is 2.93. The number of piperidine rings is 1. The van der Waals surface area contributed by atoms with Crippen LogP contribution in [0.2, 0.25) is 0 Å². The van der Waals surface area contributed by atoms with E-state index in [0.717, 1.165) is 36.3 Å². The second-order valence-corrected chi connectivity index (χ2v) is 6.97. The predicted octanol–water partition coefficient (Wildman–Crippen LogP) is 2.71. The number of carbonyl (C=O) groups is 1. The molecule has 2 bridgehead atoms. The average molecular weight is 369 g/mol. The van der Waals surface area contributed by atoms with Gasteiger partial charge < -0.3 is 20.1 Å². The van der Waals surface area contributed by atoms with Crippen LogP contribution in [0.15, 0.2) is 18.2 Å². The van der Waals surface area contributed by atoms with Crippen molar-refractivity contribution in [2.75, 3.05) is 20.8 Å². The molecule has 2 atom stereocenters. The van der Waals surface area contributed by atoms with Crippen molar-refractivity contribution in [2.45, 2.75) is 50.6 Å². The number of fused-ring (bicyclic) bond motifs is 2. The van der Waals surface area contributed by atoms with Crippen LogP contribution in [0.4, 0.5) is 0 Å². The molecular formula is C19H29ClN2O3. The summed E-state index contributed by atoms with van der Waals surface area (Å²) in [7, 11) is 3.26. The van der Waals surface area contributed by atoms with Gasteiger partial charge in [-0.2, -0.15) is 0 Å². The molecule has 0 spiro atoms. The Kier molecular flexibility index (Phi) is 7.38. The van der Waals surface area contributed by atoms with Gasteiger partial charge in [-0.25, -0.2) is 0 Å². The summed E-state index contributed by atoms with van der Waals surface area (Å²) in [6.07, 6.45) is 6.33. The summed E-state index contributed by atoms with van der Waals surface area (Å²) in [6.45, 7) is 0.659. The van der Waals surface area contributed by atoms with Gasteiger partial charge in [0.1, 0.15) is 0 Å². The standard InChI is InChI=1S/C19H28N2O3.ClH/c1-23-17-6-3-13(11-18(17)24-2)7-8-20-19(22)12-14-9-15-4-5-16(10-14)21-15;/h3,6,11,14-16,21H,4-5,7-10,12H2,1-2H3,(H,20,22);1H. The van der Waals surface area contributed by atoms with E-state index in [2.05, 4.69) is 10.6 Å². The fraction of sp³-hybridized carbons (Fsp3) is 0.632. The lowest BCUT2D eigenvalue weighted by atomic mass is 9.89. The van der Waals surface area contributed by atoms with Crippen LogP contribution in [0.25, 0.3) is 0 Å². The smallest absolute Gasteiger partial charge is 0.220 e. The first-order valence-corrected chi connectivity index (χ1v) is 8.91. The molecule has 1 aromatic rings. The number of hydrogen-bond acceptors (Lipinski definition) is 4. The Hall–Kier alpha value is -1.46.